The number of cyclic esters (lactones) is 1. The van der Waals surface area contributed by atoms with Gasteiger partial charge in [-0.2, -0.15) is 0 Å². The van der Waals surface area contributed by atoms with Crippen LogP contribution in [-0.4, -0.2) is 42.0 Å². The fourth-order valence-electron chi connectivity index (χ4n) is 7.93. The van der Waals surface area contributed by atoms with Crippen LogP contribution < -0.4 is 0 Å². The molecule has 0 bridgehead atoms. The molecular formula is C27H36O7. The molecule has 0 aromatic carbocycles. The van der Waals surface area contributed by atoms with Gasteiger partial charge in [0.1, 0.15) is 11.7 Å². The number of ether oxygens (including phenoxy) is 3. The molecule has 1 spiro atoms. The number of aliphatic hydroxyl groups excluding tert-OH is 1. The van der Waals surface area contributed by atoms with E-state index in [0.717, 1.165) is 30.4 Å². The average molecular weight is 473 g/mol. The normalized spacial score (nSPS) is 45.1. The van der Waals surface area contributed by atoms with Crippen LogP contribution in [0.25, 0.3) is 0 Å². The van der Waals surface area contributed by atoms with E-state index in [4.69, 9.17) is 18.6 Å². The summed E-state index contributed by atoms with van der Waals surface area (Å²) in [6.45, 7) is 13.0. The topological polar surface area (TPSA) is 98.5 Å². The maximum Gasteiger partial charge on any atom is 0.339 e. The maximum absolute atomic E-state index is 12.9. The van der Waals surface area contributed by atoms with Crippen molar-refractivity contribution in [3.63, 3.8) is 0 Å². The van der Waals surface area contributed by atoms with Crippen LogP contribution in [0.15, 0.2) is 35.2 Å². The van der Waals surface area contributed by atoms with E-state index in [1.54, 1.807) is 12.5 Å². The third-order valence-electron chi connectivity index (χ3n) is 10.1. The molecule has 7 nitrogen and oxygen atoms in total. The first kappa shape index (κ1) is 23.6. The smallest absolute Gasteiger partial charge is 0.339 e. The van der Waals surface area contributed by atoms with Crippen LogP contribution in [0.2, 0.25) is 0 Å². The summed E-state index contributed by atoms with van der Waals surface area (Å²) >= 11 is 0. The van der Waals surface area contributed by atoms with Crippen LogP contribution in [0.5, 0.6) is 0 Å². The first-order valence-corrected chi connectivity index (χ1v) is 12.3. The molecule has 2 saturated heterocycles. The van der Waals surface area contributed by atoms with E-state index in [0.29, 0.717) is 6.42 Å². The Morgan fingerprint density at radius 1 is 1.21 bits per heavy atom. The molecule has 0 unspecified atom stereocenters. The highest BCUT2D eigenvalue weighted by Crippen LogP contribution is 2.72. The minimum atomic E-state index is -0.799. The van der Waals surface area contributed by atoms with Crippen molar-refractivity contribution in [1.29, 1.82) is 0 Å². The Morgan fingerprint density at radius 2 is 1.94 bits per heavy atom. The van der Waals surface area contributed by atoms with Gasteiger partial charge in [0, 0.05) is 17.4 Å². The molecular weight excluding hydrogens is 436 g/mol. The van der Waals surface area contributed by atoms with Gasteiger partial charge in [-0.15, -0.1) is 0 Å². The van der Waals surface area contributed by atoms with Gasteiger partial charge in [-0.25, -0.2) is 4.79 Å². The van der Waals surface area contributed by atoms with E-state index >= 15 is 0 Å². The summed E-state index contributed by atoms with van der Waals surface area (Å²) in [5, 5.41) is 10.9. The number of epoxide rings is 1. The number of hydrogen-bond donors (Lipinski definition) is 1. The highest BCUT2D eigenvalue weighted by Gasteiger charge is 2.80. The van der Waals surface area contributed by atoms with Gasteiger partial charge in [-0.3, -0.25) is 4.79 Å². The zero-order valence-electron chi connectivity index (χ0n) is 20.8. The largest absolute Gasteiger partial charge is 0.472 e. The van der Waals surface area contributed by atoms with Crippen LogP contribution >= 0.6 is 0 Å². The van der Waals surface area contributed by atoms with Crippen molar-refractivity contribution in [2.24, 2.45) is 28.1 Å². The summed E-state index contributed by atoms with van der Waals surface area (Å²) in [5.41, 5.74) is -0.317. The lowest BCUT2D eigenvalue weighted by atomic mass is 9.45. The predicted molar refractivity (Wildman–Crippen MR) is 122 cm³/mol. The van der Waals surface area contributed by atoms with Crippen molar-refractivity contribution >= 4 is 11.9 Å². The number of methoxy groups -OCH3 is 1. The number of rotatable bonds is 4. The molecule has 34 heavy (non-hydrogen) atoms. The van der Waals surface area contributed by atoms with Gasteiger partial charge in [0.25, 0.3) is 0 Å². The third-order valence-corrected chi connectivity index (χ3v) is 10.1. The lowest BCUT2D eigenvalue weighted by Crippen LogP contribution is -2.59. The number of furan rings is 1. The molecule has 4 aliphatic rings. The zero-order valence-corrected chi connectivity index (χ0v) is 20.8. The highest BCUT2D eigenvalue weighted by atomic mass is 16.7. The Balaban J connectivity index is 1.54. The molecule has 0 radical (unpaired) electrons. The lowest BCUT2D eigenvalue weighted by molar-refractivity contribution is -0.172. The first-order chi connectivity index (χ1) is 15.9. The second-order valence-corrected chi connectivity index (χ2v) is 11.9. The highest BCUT2D eigenvalue weighted by molar-refractivity contribution is 5.83. The van der Waals surface area contributed by atoms with Gasteiger partial charge in [-0.1, -0.05) is 34.3 Å². The first-order valence-electron chi connectivity index (χ1n) is 12.3. The minimum absolute atomic E-state index is 0.0305. The number of carbonyl (C=O) groups is 2. The van der Waals surface area contributed by atoms with Gasteiger partial charge in [0.2, 0.25) is 0 Å². The van der Waals surface area contributed by atoms with E-state index in [-0.39, 0.29) is 35.6 Å². The standard InChI is InChI=1S/C27H36O7/c1-15-17(25(4)10-8-19(28)24(2,3)18(25)13-20(29)31-6)7-11-26(5)21(16-9-12-32-14-16)33-23(30)22-27(15,26)34-22/h9,12,14,17-19,21-22,28H,1,7-8,10-11,13H2,2-6H3/t17-,18-,19-,21+,22+,25-,26-,27+/m0/s1. The quantitative estimate of drug-likeness (QED) is 0.395. The van der Waals surface area contributed by atoms with Gasteiger partial charge >= 0.3 is 11.9 Å². The van der Waals surface area contributed by atoms with Crippen molar-refractivity contribution < 1.29 is 33.3 Å². The van der Waals surface area contributed by atoms with E-state index in [1.165, 1.54) is 7.11 Å². The molecule has 2 saturated carbocycles. The number of esters is 2. The third kappa shape index (κ3) is 2.89. The predicted octanol–water partition coefficient (Wildman–Crippen LogP) is 4.35. The van der Waals surface area contributed by atoms with Crippen molar-refractivity contribution in [2.45, 2.75) is 83.7 Å². The molecule has 2 aliphatic heterocycles. The summed E-state index contributed by atoms with van der Waals surface area (Å²) in [6.07, 6.45) is 4.85. The molecule has 4 fully saturated rings. The second-order valence-electron chi connectivity index (χ2n) is 11.9. The molecule has 1 aromatic rings. The van der Waals surface area contributed by atoms with Gasteiger partial charge < -0.3 is 23.7 Å². The van der Waals surface area contributed by atoms with Crippen LogP contribution in [0.4, 0.5) is 0 Å². The molecule has 0 amide bonds. The van der Waals surface area contributed by atoms with Crippen LogP contribution in [0, 0.1) is 28.1 Å². The van der Waals surface area contributed by atoms with Crippen LogP contribution in [-0.2, 0) is 23.8 Å². The zero-order chi connectivity index (χ0) is 24.7. The van der Waals surface area contributed by atoms with Crippen molar-refractivity contribution in [3.05, 3.63) is 36.3 Å². The van der Waals surface area contributed by atoms with Crippen LogP contribution in [0.1, 0.15) is 71.5 Å². The Kier molecular flexibility index (Phi) is 5.17. The fourth-order valence-corrected chi connectivity index (χ4v) is 7.93. The SMILES string of the molecule is C=C1[C@@H]([C@]2(C)CC[C@H](O)C(C)(C)[C@@H]2CC(=O)OC)CC[C@@]2(C)[C@@H](c3ccoc3)OC(=O)[C@H]3O[C@]132. The van der Waals surface area contributed by atoms with E-state index in [2.05, 4.69) is 20.4 Å². The number of carbonyl (C=O) groups excluding carboxylic acids is 2. The van der Waals surface area contributed by atoms with Crippen molar-refractivity contribution in [1.82, 2.24) is 0 Å². The molecule has 1 N–H and O–H groups in total. The van der Waals surface area contributed by atoms with E-state index < -0.39 is 34.7 Å². The molecule has 3 heterocycles. The fraction of sp³-hybridized carbons (Fsp3) is 0.704. The van der Waals surface area contributed by atoms with E-state index in [1.807, 2.05) is 19.9 Å². The van der Waals surface area contributed by atoms with Gasteiger partial charge in [0.15, 0.2) is 6.10 Å². The Labute approximate surface area is 200 Å². The Hall–Kier alpha value is -2.12. The molecule has 2 aliphatic carbocycles. The van der Waals surface area contributed by atoms with Gasteiger partial charge in [-0.05, 0) is 60.0 Å². The lowest BCUT2D eigenvalue weighted by Gasteiger charge is -2.60. The second kappa shape index (κ2) is 7.44. The van der Waals surface area contributed by atoms with Gasteiger partial charge in [0.05, 0.1) is 25.7 Å². The monoisotopic (exact) mass is 472 g/mol. The minimum Gasteiger partial charge on any atom is -0.472 e. The average Bonchev–Trinajstić information content (AvgIpc) is 3.35. The van der Waals surface area contributed by atoms with Crippen molar-refractivity contribution in [2.75, 3.05) is 7.11 Å². The van der Waals surface area contributed by atoms with Crippen molar-refractivity contribution in [3.8, 4) is 0 Å². The molecule has 186 valence electrons. The summed E-state index contributed by atoms with van der Waals surface area (Å²) in [4.78, 5) is 25.4. The molecule has 5 rings (SSSR count). The summed E-state index contributed by atoms with van der Waals surface area (Å²) in [7, 11) is 1.40. The molecule has 7 heteroatoms. The molecule has 1 aromatic heterocycles. The summed E-state index contributed by atoms with van der Waals surface area (Å²) in [5.74, 6) is -0.718. The molecule has 8 atom stereocenters. The van der Waals surface area contributed by atoms with Crippen LogP contribution in [0.3, 0.4) is 0 Å². The summed E-state index contributed by atoms with van der Waals surface area (Å²) < 4.78 is 22.5. The Bertz CT molecular complexity index is 1010. The summed E-state index contributed by atoms with van der Waals surface area (Å²) in [6, 6.07) is 1.84. The Morgan fingerprint density at radius 3 is 2.59 bits per heavy atom. The maximum atomic E-state index is 12.9. The van der Waals surface area contributed by atoms with E-state index in [9.17, 15) is 14.7 Å². The number of hydrogen-bond acceptors (Lipinski definition) is 7. The number of aliphatic hydroxyl groups is 1.